The Morgan fingerprint density at radius 2 is 1.97 bits per heavy atom. The van der Waals surface area contributed by atoms with Crippen LogP contribution in [0.4, 0.5) is 4.39 Å². The fourth-order valence-corrected chi connectivity index (χ4v) is 3.07. The zero-order chi connectivity index (χ0) is 22.5. The summed E-state index contributed by atoms with van der Waals surface area (Å²) in [6.45, 7) is 5.53. The number of para-hydroxylation sites is 1. The Kier molecular flexibility index (Phi) is 7.49. The zero-order valence-electron chi connectivity index (χ0n) is 17.4. The predicted molar refractivity (Wildman–Crippen MR) is 109 cm³/mol. The molecular formula is C20H28FN5O4. The molecule has 0 bridgehead atoms. The number of fused-ring (bicyclic) bond motifs is 1. The summed E-state index contributed by atoms with van der Waals surface area (Å²) >= 11 is 0. The molecule has 0 aliphatic rings. The Morgan fingerprint density at radius 1 is 1.27 bits per heavy atom. The minimum absolute atomic E-state index is 0.00228. The molecular weight excluding hydrogens is 393 g/mol. The number of carboxylic acid groups (broad SMARTS) is 1. The van der Waals surface area contributed by atoms with E-state index in [2.05, 4.69) is 15.7 Å². The molecule has 0 aliphatic heterocycles. The van der Waals surface area contributed by atoms with Crippen molar-refractivity contribution in [1.29, 1.82) is 0 Å². The van der Waals surface area contributed by atoms with Crippen LogP contribution in [0.3, 0.4) is 0 Å². The number of carbonyl (C=O) groups excluding carboxylic acids is 2. The van der Waals surface area contributed by atoms with Gasteiger partial charge in [0.15, 0.2) is 5.69 Å². The van der Waals surface area contributed by atoms with E-state index in [0.29, 0.717) is 24.9 Å². The molecule has 0 aliphatic carbocycles. The van der Waals surface area contributed by atoms with E-state index in [1.54, 1.807) is 26.8 Å². The van der Waals surface area contributed by atoms with Gasteiger partial charge < -0.3 is 21.5 Å². The van der Waals surface area contributed by atoms with Crippen LogP contribution >= 0.6 is 0 Å². The van der Waals surface area contributed by atoms with Crippen molar-refractivity contribution in [1.82, 2.24) is 20.4 Å². The molecule has 1 aromatic heterocycles. The van der Waals surface area contributed by atoms with Crippen molar-refractivity contribution < 1.29 is 23.9 Å². The van der Waals surface area contributed by atoms with Gasteiger partial charge in [0.2, 0.25) is 5.91 Å². The number of nitrogens with zero attached hydrogens (tertiary/aromatic N) is 2. The smallest absolute Gasteiger partial charge is 0.322 e. The fraction of sp³-hybridized carbons (Fsp3) is 0.500. The van der Waals surface area contributed by atoms with Crippen molar-refractivity contribution in [3.05, 3.63) is 29.7 Å². The first-order chi connectivity index (χ1) is 14.1. The molecule has 164 valence electrons. The highest BCUT2D eigenvalue weighted by Gasteiger charge is 2.34. The lowest BCUT2D eigenvalue weighted by atomic mass is 9.86. The number of benzene rings is 1. The standard InChI is InChI=1S/C20H28FN5O4/c1-20(2,3)17(19(30)23-11-14(27)28)24-18(29)15-12-7-6-8-13(21)16(12)26(25-15)10-5-4-9-22/h6-8,17H,4-5,9-11,22H2,1-3H3,(H,23,30)(H,24,29)(H,27,28). The van der Waals surface area contributed by atoms with Crippen LogP contribution in [-0.4, -0.2) is 51.8 Å². The van der Waals surface area contributed by atoms with Gasteiger partial charge in [-0.3, -0.25) is 19.1 Å². The lowest BCUT2D eigenvalue weighted by Crippen LogP contribution is -2.54. The number of aryl methyl sites for hydroxylation is 1. The summed E-state index contributed by atoms with van der Waals surface area (Å²) < 4.78 is 15.9. The second-order valence-corrected chi connectivity index (χ2v) is 8.09. The van der Waals surface area contributed by atoms with Gasteiger partial charge in [-0.2, -0.15) is 5.10 Å². The lowest BCUT2D eigenvalue weighted by molar-refractivity contribution is -0.138. The SMILES string of the molecule is CC(C)(C)C(NC(=O)c1nn(CCCCN)c2c(F)cccc12)C(=O)NCC(=O)O. The largest absolute Gasteiger partial charge is 0.480 e. The minimum Gasteiger partial charge on any atom is -0.480 e. The molecule has 10 heteroatoms. The number of hydrogen-bond donors (Lipinski definition) is 4. The number of amides is 2. The maximum Gasteiger partial charge on any atom is 0.322 e. The number of carbonyl (C=O) groups is 3. The van der Waals surface area contributed by atoms with Crippen LogP contribution < -0.4 is 16.4 Å². The Morgan fingerprint density at radius 3 is 2.57 bits per heavy atom. The molecule has 2 aromatic rings. The van der Waals surface area contributed by atoms with E-state index in [9.17, 15) is 18.8 Å². The Bertz CT molecular complexity index is 935. The molecule has 1 atom stereocenters. The molecule has 1 aromatic carbocycles. The van der Waals surface area contributed by atoms with Crippen molar-refractivity contribution in [2.45, 2.75) is 46.2 Å². The van der Waals surface area contributed by atoms with E-state index in [4.69, 9.17) is 10.8 Å². The van der Waals surface area contributed by atoms with E-state index in [1.165, 1.54) is 16.8 Å². The monoisotopic (exact) mass is 421 g/mol. The molecule has 0 radical (unpaired) electrons. The maximum absolute atomic E-state index is 14.5. The molecule has 0 fully saturated rings. The van der Waals surface area contributed by atoms with Crippen molar-refractivity contribution >= 4 is 28.7 Å². The van der Waals surface area contributed by atoms with E-state index in [1.807, 2.05) is 0 Å². The van der Waals surface area contributed by atoms with Crippen molar-refractivity contribution in [3.63, 3.8) is 0 Å². The van der Waals surface area contributed by atoms with Gasteiger partial charge in [0, 0.05) is 11.9 Å². The molecule has 1 unspecified atom stereocenters. The Labute approximate surface area is 173 Å². The van der Waals surface area contributed by atoms with Gasteiger partial charge in [-0.05, 0) is 30.9 Å². The molecule has 0 saturated carbocycles. The number of nitrogens with one attached hydrogen (secondary N) is 2. The second-order valence-electron chi connectivity index (χ2n) is 8.09. The number of aliphatic carboxylic acids is 1. The molecule has 9 nitrogen and oxygen atoms in total. The zero-order valence-corrected chi connectivity index (χ0v) is 17.4. The van der Waals surface area contributed by atoms with E-state index >= 15 is 0 Å². The molecule has 0 spiro atoms. The van der Waals surface area contributed by atoms with E-state index in [0.717, 1.165) is 6.42 Å². The molecule has 30 heavy (non-hydrogen) atoms. The summed E-state index contributed by atoms with van der Waals surface area (Å²) in [4.78, 5) is 36.2. The summed E-state index contributed by atoms with van der Waals surface area (Å²) in [6, 6.07) is 3.36. The molecule has 5 N–H and O–H groups in total. The average Bonchev–Trinajstić information content (AvgIpc) is 3.03. The third kappa shape index (κ3) is 5.53. The van der Waals surface area contributed by atoms with Gasteiger partial charge in [-0.15, -0.1) is 0 Å². The highest BCUT2D eigenvalue weighted by Crippen LogP contribution is 2.24. The number of halogens is 1. The number of nitrogens with two attached hydrogens (primary N) is 1. The highest BCUT2D eigenvalue weighted by molar-refractivity contribution is 6.06. The topological polar surface area (TPSA) is 139 Å². The third-order valence-corrected chi connectivity index (χ3v) is 4.58. The molecule has 0 saturated heterocycles. The van der Waals surface area contributed by atoms with Crippen molar-refractivity contribution in [3.8, 4) is 0 Å². The van der Waals surface area contributed by atoms with Crippen LogP contribution in [0.2, 0.25) is 0 Å². The summed E-state index contributed by atoms with van der Waals surface area (Å²) in [5.41, 5.74) is 5.02. The predicted octanol–water partition coefficient (Wildman–Crippen LogP) is 1.26. The summed E-state index contributed by atoms with van der Waals surface area (Å²) in [7, 11) is 0. The molecule has 2 rings (SSSR count). The van der Waals surface area contributed by atoms with Crippen LogP contribution in [0.15, 0.2) is 18.2 Å². The Balaban J connectivity index is 2.35. The minimum atomic E-state index is -1.19. The number of rotatable bonds is 9. The number of hydrogen-bond acceptors (Lipinski definition) is 5. The first-order valence-corrected chi connectivity index (χ1v) is 9.71. The number of unbranched alkanes of at least 4 members (excludes halogenated alkanes) is 1. The van der Waals surface area contributed by atoms with Crippen molar-refractivity contribution in [2.24, 2.45) is 11.1 Å². The van der Waals surface area contributed by atoms with Crippen LogP contribution in [-0.2, 0) is 16.1 Å². The average molecular weight is 421 g/mol. The maximum atomic E-state index is 14.5. The molecule has 2 amide bonds. The van der Waals surface area contributed by atoms with Crippen LogP contribution in [0.5, 0.6) is 0 Å². The van der Waals surface area contributed by atoms with Gasteiger partial charge in [-0.1, -0.05) is 32.9 Å². The summed E-state index contributed by atoms with van der Waals surface area (Å²) in [5.74, 6) is -2.97. The van der Waals surface area contributed by atoms with E-state index in [-0.39, 0.29) is 11.2 Å². The number of carboxylic acids is 1. The third-order valence-electron chi connectivity index (χ3n) is 4.58. The highest BCUT2D eigenvalue weighted by atomic mass is 19.1. The normalized spacial score (nSPS) is 12.6. The first kappa shape index (κ1) is 23.3. The second kappa shape index (κ2) is 9.66. The fourth-order valence-electron chi connectivity index (χ4n) is 3.07. The quantitative estimate of drug-likeness (QED) is 0.450. The lowest BCUT2D eigenvalue weighted by Gasteiger charge is -2.30. The molecule has 1 heterocycles. The van der Waals surface area contributed by atoms with Gasteiger partial charge in [0.25, 0.3) is 5.91 Å². The summed E-state index contributed by atoms with van der Waals surface area (Å²) in [6.07, 6.45) is 1.40. The van der Waals surface area contributed by atoms with Gasteiger partial charge in [0.1, 0.15) is 23.9 Å². The number of aromatic nitrogens is 2. The van der Waals surface area contributed by atoms with Crippen LogP contribution in [0.1, 0.15) is 44.1 Å². The van der Waals surface area contributed by atoms with Crippen molar-refractivity contribution in [2.75, 3.05) is 13.1 Å². The van der Waals surface area contributed by atoms with E-state index < -0.39 is 41.6 Å². The Hall–Kier alpha value is -3.01. The first-order valence-electron chi connectivity index (χ1n) is 9.71. The van der Waals surface area contributed by atoms with Gasteiger partial charge in [0.05, 0.1) is 0 Å². The van der Waals surface area contributed by atoms with Crippen LogP contribution in [0, 0.1) is 11.2 Å². The van der Waals surface area contributed by atoms with Crippen LogP contribution in [0.25, 0.3) is 10.9 Å². The van der Waals surface area contributed by atoms with Gasteiger partial charge >= 0.3 is 5.97 Å². The van der Waals surface area contributed by atoms with Gasteiger partial charge in [-0.25, -0.2) is 4.39 Å². The summed E-state index contributed by atoms with van der Waals surface area (Å²) in [5, 5.41) is 18.3.